The van der Waals surface area contributed by atoms with Gasteiger partial charge in [0.25, 0.3) is 0 Å². The fraction of sp³-hybridized carbons (Fsp3) is 0.667. The lowest BCUT2D eigenvalue weighted by Crippen LogP contribution is -2.45. The molecule has 2 unspecified atom stereocenters. The molecule has 2 atom stereocenters. The Labute approximate surface area is 114 Å². The molecule has 1 saturated heterocycles. The van der Waals surface area contributed by atoms with Crippen molar-refractivity contribution in [3.63, 3.8) is 0 Å². The van der Waals surface area contributed by atoms with Crippen molar-refractivity contribution >= 4 is 23.8 Å². The second-order valence-corrected chi connectivity index (χ2v) is 5.18. The summed E-state index contributed by atoms with van der Waals surface area (Å²) in [7, 11) is 0. The Morgan fingerprint density at radius 1 is 1.30 bits per heavy atom. The lowest BCUT2D eigenvalue weighted by atomic mass is 10.1. The lowest BCUT2D eigenvalue weighted by molar-refractivity contribution is -0.147. The first-order valence-electron chi connectivity index (χ1n) is 6.43. The van der Waals surface area contributed by atoms with Crippen LogP contribution in [0.1, 0.15) is 25.7 Å². The number of carboxylic acid groups (broad SMARTS) is 2. The summed E-state index contributed by atoms with van der Waals surface area (Å²) in [6, 6.07) is -1.25. The van der Waals surface area contributed by atoms with Gasteiger partial charge in [-0.1, -0.05) is 0 Å². The van der Waals surface area contributed by atoms with E-state index in [4.69, 9.17) is 10.2 Å². The Balaban J connectivity index is 1.92. The van der Waals surface area contributed by atoms with Gasteiger partial charge in [0.15, 0.2) is 0 Å². The molecule has 3 N–H and O–H groups in total. The summed E-state index contributed by atoms with van der Waals surface area (Å²) in [5.41, 5.74) is 0. The van der Waals surface area contributed by atoms with Gasteiger partial charge < -0.3 is 20.4 Å². The standard InChI is InChI=1S/C12H16N2O6/c15-9-3-6(5-14(9)7-1-2-7)11(18)13-8(12(19)20)4-10(16)17/h6-8H,1-5H2,(H,13,18)(H,16,17)(H,19,20). The zero-order valence-electron chi connectivity index (χ0n) is 10.7. The number of nitrogens with one attached hydrogen (secondary N) is 1. The summed E-state index contributed by atoms with van der Waals surface area (Å²) in [5.74, 6) is -3.98. The Morgan fingerprint density at radius 2 is 1.95 bits per heavy atom. The number of carbonyl (C=O) groups excluding carboxylic acids is 2. The molecule has 0 bridgehead atoms. The van der Waals surface area contributed by atoms with Crippen LogP contribution in [-0.2, 0) is 19.2 Å². The molecule has 0 radical (unpaired) electrons. The SMILES string of the molecule is O=C(O)CC(NC(=O)C1CC(=O)N(C2CC2)C1)C(=O)O. The van der Waals surface area contributed by atoms with E-state index in [1.807, 2.05) is 0 Å². The van der Waals surface area contributed by atoms with Crippen LogP contribution in [0.4, 0.5) is 0 Å². The minimum absolute atomic E-state index is 0.0573. The van der Waals surface area contributed by atoms with E-state index in [-0.39, 0.29) is 24.9 Å². The van der Waals surface area contributed by atoms with Gasteiger partial charge >= 0.3 is 11.9 Å². The Kier molecular flexibility index (Phi) is 3.91. The molecule has 0 aromatic heterocycles. The maximum absolute atomic E-state index is 11.9. The van der Waals surface area contributed by atoms with Gasteiger partial charge in [-0.05, 0) is 12.8 Å². The Hall–Kier alpha value is -2.12. The number of likely N-dealkylation sites (tertiary alicyclic amines) is 1. The molecule has 0 spiro atoms. The minimum atomic E-state index is -1.47. The molecule has 2 fully saturated rings. The van der Waals surface area contributed by atoms with E-state index in [9.17, 15) is 19.2 Å². The van der Waals surface area contributed by atoms with E-state index in [0.717, 1.165) is 12.8 Å². The van der Waals surface area contributed by atoms with Crippen molar-refractivity contribution in [1.82, 2.24) is 10.2 Å². The molecule has 0 aromatic carbocycles. The van der Waals surface area contributed by atoms with E-state index in [0.29, 0.717) is 0 Å². The first-order chi connectivity index (χ1) is 9.38. The quantitative estimate of drug-likeness (QED) is 0.577. The number of amides is 2. The van der Waals surface area contributed by atoms with Crippen LogP contribution >= 0.6 is 0 Å². The van der Waals surface area contributed by atoms with Crippen LogP contribution in [0.25, 0.3) is 0 Å². The number of nitrogens with zero attached hydrogens (tertiary/aromatic N) is 1. The molecule has 110 valence electrons. The van der Waals surface area contributed by atoms with Crippen molar-refractivity contribution in [2.75, 3.05) is 6.54 Å². The summed E-state index contributed by atoms with van der Waals surface area (Å²) in [6.45, 7) is 0.286. The normalized spacial score (nSPS) is 23.5. The van der Waals surface area contributed by atoms with Crippen LogP contribution in [0.3, 0.4) is 0 Å². The second-order valence-electron chi connectivity index (χ2n) is 5.18. The monoisotopic (exact) mass is 284 g/mol. The zero-order chi connectivity index (χ0) is 14.9. The number of carbonyl (C=O) groups is 4. The van der Waals surface area contributed by atoms with Gasteiger partial charge in [0, 0.05) is 19.0 Å². The number of hydrogen-bond acceptors (Lipinski definition) is 4. The minimum Gasteiger partial charge on any atom is -0.481 e. The van der Waals surface area contributed by atoms with E-state index in [1.165, 1.54) is 0 Å². The molecule has 1 heterocycles. The molecule has 2 rings (SSSR count). The molecular weight excluding hydrogens is 268 g/mol. The van der Waals surface area contributed by atoms with E-state index in [2.05, 4.69) is 5.32 Å². The molecule has 1 saturated carbocycles. The first kappa shape index (κ1) is 14.3. The van der Waals surface area contributed by atoms with Gasteiger partial charge in [-0.2, -0.15) is 0 Å². The Bertz CT molecular complexity index is 459. The number of hydrogen-bond donors (Lipinski definition) is 3. The molecule has 1 aliphatic heterocycles. The van der Waals surface area contributed by atoms with E-state index < -0.39 is 36.2 Å². The van der Waals surface area contributed by atoms with Gasteiger partial charge in [-0.15, -0.1) is 0 Å². The molecule has 20 heavy (non-hydrogen) atoms. The van der Waals surface area contributed by atoms with Crippen molar-refractivity contribution in [2.45, 2.75) is 37.8 Å². The van der Waals surface area contributed by atoms with Gasteiger partial charge in [-0.25, -0.2) is 4.79 Å². The summed E-state index contributed by atoms with van der Waals surface area (Å²) in [6.07, 6.45) is 1.25. The fourth-order valence-corrected chi connectivity index (χ4v) is 2.31. The number of carboxylic acids is 2. The van der Waals surface area contributed by atoms with Crippen molar-refractivity contribution in [3.05, 3.63) is 0 Å². The second kappa shape index (κ2) is 5.48. The van der Waals surface area contributed by atoms with Gasteiger partial charge in [-0.3, -0.25) is 14.4 Å². The van der Waals surface area contributed by atoms with Crippen molar-refractivity contribution < 1.29 is 29.4 Å². The van der Waals surface area contributed by atoms with Crippen LogP contribution < -0.4 is 5.32 Å². The van der Waals surface area contributed by atoms with Gasteiger partial charge in [0.2, 0.25) is 11.8 Å². The molecule has 0 aromatic rings. The van der Waals surface area contributed by atoms with E-state index in [1.54, 1.807) is 4.90 Å². The van der Waals surface area contributed by atoms with Crippen LogP contribution in [0, 0.1) is 5.92 Å². The van der Waals surface area contributed by atoms with Crippen molar-refractivity contribution in [1.29, 1.82) is 0 Å². The summed E-state index contributed by atoms with van der Waals surface area (Å²) in [4.78, 5) is 46.7. The summed E-state index contributed by atoms with van der Waals surface area (Å²) in [5, 5.41) is 19.7. The summed E-state index contributed by atoms with van der Waals surface area (Å²) >= 11 is 0. The highest BCUT2D eigenvalue weighted by Gasteiger charge is 2.42. The Morgan fingerprint density at radius 3 is 2.45 bits per heavy atom. The molecule has 2 amide bonds. The molecule has 8 heteroatoms. The molecular formula is C12H16N2O6. The molecule has 1 aliphatic carbocycles. The topological polar surface area (TPSA) is 124 Å². The highest BCUT2D eigenvalue weighted by molar-refractivity contribution is 5.92. The maximum Gasteiger partial charge on any atom is 0.326 e. The largest absolute Gasteiger partial charge is 0.481 e. The van der Waals surface area contributed by atoms with Crippen LogP contribution in [0.2, 0.25) is 0 Å². The van der Waals surface area contributed by atoms with Crippen molar-refractivity contribution in [3.8, 4) is 0 Å². The number of aliphatic carboxylic acids is 2. The summed E-state index contributed by atoms with van der Waals surface area (Å²) < 4.78 is 0. The number of rotatable bonds is 6. The van der Waals surface area contributed by atoms with Gasteiger partial charge in [0.05, 0.1) is 12.3 Å². The third kappa shape index (κ3) is 3.25. The fourth-order valence-electron chi connectivity index (χ4n) is 2.31. The average Bonchev–Trinajstić information content (AvgIpc) is 3.11. The lowest BCUT2D eigenvalue weighted by Gasteiger charge is -2.17. The molecule has 2 aliphatic rings. The van der Waals surface area contributed by atoms with Crippen molar-refractivity contribution in [2.24, 2.45) is 5.92 Å². The average molecular weight is 284 g/mol. The van der Waals surface area contributed by atoms with Crippen LogP contribution in [-0.4, -0.2) is 57.5 Å². The first-order valence-corrected chi connectivity index (χ1v) is 6.43. The highest BCUT2D eigenvalue weighted by atomic mass is 16.4. The predicted molar refractivity (Wildman–Crippen MR) is 64.7 cm³/mol. The third-order valence-electron chi connectivity index (χ3n) is 3.51. The van der Waals surface area contributed by atoms with Crippen LogP contribution in [0.5, 0.6) is 0 Å². The smallest absolute Gasteiger partial charge is 0.326 e. The molecule has 8 nitrogen and oxygen atoms in total. The van der Waals surface area contributed by atoms with E-state index >= 15 is 0 Å². The highest BCUT2D eigenvalue weighted by Crippen LogP contribution is 2.32. The maximum atomic E-state index is 11.9. The van der Waals surface area contributed by atoms with Gasteiger partial charge in [0.1, 0.15) is 6.04 Å². The van der Waals surface area contributed by atoms with Crippen LogP contribution in [0.15, 0.2) is 0 Å². The zero-order valence-corrected chi connectivity index (χ0v) is 10.7. The third-order valence-corrected chi connectivity index (χ3v) is 3.51. The predicted octanol–water partition coefficient (Wildman–Crippen LogP) is -0.959.